The Labute approximate surface area is 132 Å². The highest BCUT2D eigenvalue weighted by atomic mass is 79.9. The van der Waals surface area contributed by atoms with E-state index in [1.807, 2.05) is 0 Å². The molecule has 0 N–H and O–H groups in total. The predicted molar refractivity (Wildman–Crippen MR) is 83.0 cm³/mol. The van der Waals surface area contributed by atoms with Gasteiger partial charge in [0.05, 0.1) is 9.37 Å². The average molecular weight is 383 g/mol. The van der Waals surface area contributed by atoms with E-state index in [0.717, 1.165) is 19.6 Å². The van der Waals surface area contributed by atoms with Gasteiger partial charge in [0.15, 0.2) is 0 Å². The largest absolute Gasteiger partial charge is 0.491 e. The van der Waals surface area contributed by atoms with Gasteiger partial charge in [-0.3, -0.25) is 4.90 Å². The minimum Gasteiger partial charge on any atom is -0.491 e. The molecule has 0 aromatic heterocycles. The van der Waals surface area contributed by atoms with E-state index in [4.69, 9.17) is 15.4 Å². The molecule has 1 fully saturated rings. The van der Waals surface area contributed by atoms with Crippen molar-refractivity contribution in [3.05, 3.63) is 22.7 Å². The van der Waals surface area contributed by atoms with Gasteiger partial charge in [-0.2, -0.15) is 0 Å². The monoisotopic (exact) mass is 381 g/mol. The Hall–Kier alpha value is -0.300. The van der Waals surface area contributed by atoms with Crippen LogP contribution in [-0.4, -0.2) is 39.6 Å². The molecule has 4 nitrogen and oxygen atoms in total. The summed E-state index contributed by atoms with van der Waals surface area (Å²) in [5, 5.41) is 0. The molecule has 0 radical (unpaired) electrons. The lowest BCUT2D eigenvalue weighted by Crippen LogP contribution is -2.33. The van der Waals surface area contributed by atoms with E-state index in [-0.39, 0.29) is 4.90 Å². The van der Waals surface area contributed by atoms with Gasteiger partial charge in [-0.25, -0.2) is 8.42 Å². The Kier molecular flexibility index (Phi) is 5.72. The second kappa shape index (κ2) is 7.11. The fourth-order valence-corrected chi connectivity index (χ4v) is 3.64. The van der Waals surface area contributed by atoms with E-state index >= 15 is 0 Å². The topological polar surface area (TPSA) is 46.6 Å². The molecule has 1 aromatic carbocycles. The highest BCUT2D eigenvalue weighted by molar-refractivity contribution is 9.10. The smallest absolute Gasteiger partial charge is 0.261 e. The molecule has 1 aliphatic rings. The van der Waals surface area contributed by atoms with Crippen molar-refractivity contribution in [1.82, 2.24) is 4.90 Å². The lowest BCUT2D eigenvalue weighted by atomic mass is 10.1. The Morgan fingerprint density at radius 2 is 1.95 bits per heavy atom. The third-order valence-electron chi connectivity index (χ3n) is 3.30. The van der Waals surface area contributed by atoms with Gasteiger partial charge in [-0.1, -0.05) is 6.42 Å². The molecule has 0 saturated carbocycles. The second-order valence-electron chi connectivity index (χ2n) is 4.78. The lowest BCUT2D eigenvalue weighted by molar-refractivity contribution is 0.183. The fourth-order valence-electron chi connectivity index (χ4n) is 2.22. The number of likely N-dealkylation sites (tertiary alicyclic amines) is 1. The molecule has 0 bridgehead atoms. The van der Waals surface area contributed by atoms with Gasteiger partial charge >= 0.3 is 0 Å². The first kappa shape index (κ1) is 16.1. The molecule has 0 spiro atoms. The Morgan fingerprint density at radius 3 is 2.55 bits per heavy atom. The van der Waals surface area contributed by atoms with Gasteiger partial charge in [0.2, 0.25) is 0 Å². The van der Waals surface area contributed by atoms with E-state index in [1.165, 1.54) is 31.4 Å². The highest BCUT2D eigenvalue weighted by Crippen LogP contribution is 2.29. The summed E-state index contributed by atoms with van der Waals surface area (Å²) in [5.74, 6) is 0.631. The third-order valence-corrected chi connectivity index (χ3v) is 5.27. The van der Waals surface area contributed by atoms with Crippen molar-refractivity contribution in [2.24, 2.45) is 0 Å². The maximum atomic E-state index is 11.2. The van der Waals surface area contributed by atoms with E-state index in [2.05, 4.69) is 20.8 Å². The van der Waals surface area contributed by atoms with Crippen LogP contribution in [0.25, 0.3) is 0 Å². The molecule has 1 aliphatic heterocycles. The van der Waals surface area contributed by atoms with E-state index < -0.39 is 9.05 Å². The van der Waals surface area contributed by atoms with Crippen molar-refractivity contribution in [3.63, 3.8) is 0 Å². The number of nitrogens with zero attached hydrogens (tertiary/aromatic N) is 1. The summed E-state index contributed by atoms with van der Waals surface area (Å²) in [7, 11) is 1.59. The van der Waals surface area contributed by atoms with Crippen LogP contribution in [0.5, 0.6) is 5.75 Å². The average Bonchev–Trinajstić information content (AvgIpc) is 2.40. The molecule has 1 aromatic rings. The fraction of sp³-hybridized carbons (Fsp3) is 0.538. The summed E-state index contributed by atoms with van der Waals surface area (Å²) < 4.78 is 28.7. The highest BCUT2D eigenvalue weighted by Gasteiger charge is 2.13. The standard InChI is InChI=1S/C13H17BrClNO3S/c14-12-10-11(20(15,17)18)4-5-13(12)19-9-8-16-6-2-1-3-7-16/h4-5,10H,1-3,6-9H2. The summed E-state index contributed by atoms with van der Waals surface area (Å²) >= 11 is 3.30. The van der Waals surface area contributed by atoms with Crippen molar-refractivity contribution < 1.29 is 13.2 Å². The minimum absolute atomic E-state index is 0.0643. The number of piperidine rings is 1. The first-order valence-electron chi connectivity index (χ1n) is 6.56. The third kappa shape index (κ3) is 4.62. The Morgan fingerprint density at radius 1 is 1.25 bits per heavy atom. The molecule has 1 saturated heterocycles. The van der Waals surface area contributed by atoms with Gasteiger partial charge in [0, 0.05) is 17.2 Å². The van der Waals surface area contributed by atoms with Crippen LogP contribution in [0.1, 0.15) is 19.3 Å². The number of hydrogen-bond acceptors (Lipinski definition) is 4. The first-order chi connectivity index (χ1) is 9.47. The van der Waals surface area contributed by atoms with E-state index in [0.29, 0.717) is 16.8 Å². The maximum absolute atomic E-state index is 11.2. The van der Waals surface area contributed by atoms with Crippen LogP contribution in [0.3, 0.4) is 0 Å². The van der Waals surface area contributed by atoms with Crippen LogP contribution in [0.2, 0.25) is 0 Å². The number of hydrogen-bond donors (Lipinski definition) is 0. The molecular formula is C13H17BrClNO3S. The Bertz CT molecular complexity index is 559. The number of halogens is 2. The van der Waals surface area contributed by atoms with Gasteiger partial charge in [0.1, 0.15) is 12.4 Å². The number of benzene rings is 1. The summed E-state index contributed by atoms with van der Waals surface area (Å²) in [4.78, 5) is 2.45. The zero-order valence-electron chi connectivity index (χ0n) is 11.0. The van der Waals surface area contributed by atoms with Crippen molar-refractivity contribution in [2.45, 2.75) is 24.2 Å². The Balaban J connectivity index is 1.90. The van der Waals surface area contributed by atoms with Crippen LogP contribution in [0.4, 0.5) is 0 Å². The molecule has 0 aliphatic carbocycles. The van der Waals surface area contributed by atoms with Crippen LogP contribution < -0.4 is 4.74 Å². The van der Waals surface area contributed by atoms with Gasteiger partial charge in [0.25, 0.3) is 9.05 Å². The molecule has 1 heterocycles. The quantitative estimate of drug-likeness (QED) is 0.734. The van der Waals surface area contributed by atoms with Gasteiger partial charge < -0.3 is 4.74 Å². The minimum atomic E-state index is -3.70. The van der Waals surface area contributed by atoms with Crippen molar-refractivity contribution in [1.29, 1.82) is 0 Å². The zero-order chi connectivity index (χ0) is 14.6. The second-order valence-corrected chi connectivity index (χ2v) is 8.20. The molecule has 2 rings (SSSR count). The van der Waals surface area contributed by atoms with Crippen LogP contribution in [0.15, 0.2) is 27.6 Å². The van der Waals surface area contributed by atoms with Crippen LogP contribution in [0, 0.1) is 0 Å². The molecule has 112 valence electrons. The summed E-state index contributed by atoms with van der Waals surface area (Å²) in [5.41, 5.74) is 0. The first-order valence-corrected chi connectivity index (χ1v) is 9.66. The number of rotatable bonds is 5. The normalized spacial score (nSPS) is 17.1. The lowest BCUT2D eigenvalue weighted by Gasteiger charge is -2.26. The SMILES string of the molecule is O=S(=O)(Cl)c1ccc(OCCN2CCCCC2)c(Br)c1. The number of ether oxygens (including phenoxy) is 1. The molecule has 0 unspecified atom stereocenters. The van der Waals surface area contributed by atoms with Crippen molar-refractivity contribution in [3.8, 4) is 5.75 Å². The molecular weight excluding hydrogens is 366 g/mol. The molecule has 7 heteroatoms. The van der Waals surface area contributed by atoms with Gasteiger partial charge in [-0.15, -0.1) is 0 Å². The van der Waals surface area contributed by atoms with Crippen LogP contribution >= 0.6 is 26.6 Å². The summed E-state index contributed by atoms with van der Waals surface area (Å²) in [6, 6.07) is 4.53. The van der Waals surface area contributed by atoms with Gasteiger partial charge in [-0.05, 0) is 60.1 Å². The molecule has 20 heavy (non-hydrogen) atoms. The molecule has 0 amide bonds. The maximum Gasteiger partial charge on any atom is 0.261 e. The van der Waals surface area contributed by atoms with Crippen LogP contribution in [-0.2, 0) is 9.05 Å². The molecule has 0 atom stereocenters. The zero-order valence-corrected chi connectivity index (χ0v) is 14.2. The summed E-state index contributed by atoms with van der Waals surface area (Å²) in [6.45, 7) is 3.75. The predicted octanol–water partition coefficient (Wildman–Crippen LogP) is 3.24. The van der Waals surface area contributed by atoms with E-state index in [1.54, 1.807) is 6.07 Å². The summed E-state index contributed by atoms with van der Waals surface area (Å²) in [6.07, 6.45) is 3.83. The van der Waals surface area contributed by atoms with Crippen molar-refractivity contribution >= 4 is 35.7 Å². The van der Waals surface area contributed by atoms with E-state index in [9.17, 15) is 8.42 Å². The van der Waals surface area contributed by atoms with Crippen molar-refractivity contribution in [2.75, 3.05) is 26.2 Å².